The van der Waals surface area contributed by atoms with Gasteiger partial charge >= 0.3 is 0 Å². The highest BCUT2D eigenvalue weighted by molar-refractivity contribution is 7.89. The van der Waals surface area contributed by atoms with Gasteiger partial charge in [0.05, 0.1) is 10.6 Å². The van der Waals surface area contributed by atoms with E-state index in [4.69, 9.17) is 4.52 Å². The number of carbonyl (C=O) groups is 1. The van der Waals surface area contributed by atoms with E-state index in [-0.39, 0.29) is 16.7 Å². The predicted octanol–water partition coefficient (Wildman–Crippen LogP) is 2.75. The van der Waals surface area contributed by atoms with Gasteiger partial charge in [-0.25, -0.2) is 13.1 Å². The molecule has 2 heterocycles. The lowest BCUT2D eigenvalue weighted by molar-refractivity contribution is -0.132. The standard InChI is InChI=1S/C21H29N3O4S/c1-15-6-8-19(9-7-15)29(26,27)22-13-18-5-4-12-24(14-18)21(25)11-10-20-16(2)23-28-17(20)3/h6-9,18,22H,4-5,10-14H2,1-3H3/t18-/m0/s1. The monoisotopic (exact) mass is 419 g/mol. The molecule has 1 aromatic carbocycles. The van der Waals surface area contributed by atoms with Crippen LogP contribution in [0, 0.1) is 26.7 Å². The number of nitrogens with zero attached hydrogens (tertiary/aromatic N) is 2. The van der Waals surface area contributed by atoms with Crippen molar-refractivity contribution in [3.8, 4) is 0 Å². The largest absolute Gasteiger partial charge is 0.361 e. The molecule has 1 atom stereocenters. The summed E-state index contributed by atoms with van der Waals surface area (Å²) >= 11 is 0. The number of rotatable bonds is 7. The van der Waals surface area contributed by atoms with Crippen LogP contribution in [-0.2, 0) is 21.2 Å². The van der Waals surface area contributed by atoms with E-state index >= 15 is 0 Å². The van der Waals surface area contributed by atoms with E-state index < -0.39 is 10.0 Å². The number of hydrogen-bond acceptors (Lipinski definition) is 5. The molecule has 1 aromatic heterocycles. The van der Waals surface area contributed by atoms with Gasteiger partial charge in [-0.3, -0.25) is 4.79 Å². The van der Waals surface area contributed by atoms with E-state index in [1.54, 1.807) is 24.3 Å². The molecule has 1 aliphatic rings. The van der Waals surface area contributed by atoms with Crippen LogP contribution in [0.2, 0.25) is 0 Å². The van der Waals surface area contributed by atoms with Gasteiger partial charge in [-0.15, -0.1) is 0 Å². The van der Waals surface area contributed by atoms with Gasteiger partial charge in [-0.1, -0.05) is 22.9 Å². The van der Waals surface area contributed by atoms with Crippen molar-refractivity contribution >= 4 is 15.9 Å². The minimum atomic E-state index is -3.53. The SMILES string of the molecule is Cc1ccc(S(=O)(=O)NC[C@@H]2CCCN(C(=O)CCc3c(C)noc3C)C2)cc1. The van der Waals surface area contributed by atoms with Crippen LogP contribution in [0.15, 0.2) is 33.7 Å². The van der Waals surface area contributed by atoms with Crippen LogP contribution in [0.4, 0.5) is 0 Å². The number of carbonyl (C=O) groups excluding carboxylic acids is 1. The molecule has 158 valence electrons. The lowest BCUT2D eigenvalue weighted by Crippen LogP contribution is -2.43. The number of amides is 1. The smallest absolute Gasteiger partial charge is 0.240 e. The molecular formula is C21H29N3O4S. The molecule has 0 saturated carbocycles. The summed E-state index contributed by atoms with van der Waals surface area (Å²) in [5.74, 6) is 0.973. The lowest BCUT2D eigenvalue weighted by Gasteiger charge is -2.33. The van der Waals surface area contributed by atoms with Crippen molar-refractivity contribution in [1.82, 2.24) is 14.8 Å². The molecule has 0 bridgehead atoms. The second-order valence-corrected chi connectivity index (χ2v) is 9.58. The third-order valence-corrected chi connectivity index (χ3v) is 6.97. The van der Waals surface area contributed by atoms with Gasteiger partial charge < -0.3 is 9.42 Å². The maximum Gasteiger partial charge on any atom is 0.240 e. The molecule has 3 rings (SSSR count). The van der Waals surface area contributed by atoms with Crippen molar-refractivity contribution in [3.05, 3.63) is 46.8 Å². The first-order valence-corrected chi connectivity index (χ1v) is 11.5. The van der Waals surface area contributed by atoms with Crippen molar-refractivity contribution in [1.29, 1.82) is 0 Å². The zero-order valence-electron chi connectivity index (χ0n) is 17.3. The second-order valence-electron chi connectivity index (χ2n) is 7.82. The highest BCUT2D eigenvalue weighted by atomic mass is 32.2. The number of piperidine rings is 1. The Hall–Kier alpha value is -2.19. The first-order valence-electron chi connectivity index (χ1n) is 10.0. The summed E-state index contributed by atoms with van der Waals surface area (Å²) in [6.07, 6.45) is 2.81. The van der Waals surface area contributed by atoms with Crippen molar-refractivity contribution < 1.29 is 17.7 Å². The van der Waals surface area contributed by atoms with Crippen LogP contribution >= 0.6 is 0 Å². The molecule has 7 nitrogen and oxygen atoms in total. The van der Waals surface area contributed by atoms with Crippen LogP contribution in [0.25, 0.3) is 0 Å². The van der Waals surface area contributed by atoms with E-state index in [1.165, 1.54) is 0 Å². The summed E-state index contributed by atoms with van der Waals surface area (Å²) in [5, 5.41) is 3.93. The van der Waals surface area contributed by atoms with Gasteiger partial charge in [0.25, 0.3) is 0 Å². The van der Waals surface area contributed by atoms with Crippen LogP contribution in [0.5, 0.6) is 0 Å². The van der Waals surface area contributed by atoms with Crippen molar-refractivity contribution in [3.63, 3.8) is 0 Å². The Morgan fingerprint density at radius 1 is 1.24 bits per heavy atom. The normalized spacial score (nSPS) is 17.5. The van der Waals surface area contributed by atoms with E-state index in [9.17, 15) is 13.2 Å². The minimum Gasteiger partial charge on any atom is -0.361 e. The zero-order valence-corrected chi connectivity index (χ0v) is 18.1. The summed E-state index contributed by atoms with van der Waals surface area (Å²) in [7, 11) is -3.53. The summed E-state index contributed by atoms with van der Waals surface area (Å²) in [6, 6.07) is 6.80. The van der Waals surface area contributed by atoms with Crippen molar-refractivity contribution in [2.75, 3.05) is 19.6 Å². The van der Waals surface area contributed by atoms with Gasteiger partial charge in [0.1, 0.15) is 5.76 Å². The molecule has 1 fully saturated rings. The third-order valence-electron chi connectivity index (χ3n) is 5.54. The molecule has 8 heteroatoms. The Labute approximate surface area is 172 Å². The highest BCUT2D eigenvalue weighted by Gasteiger charge is 2.25. The number of likely N-dealkylation sites (tertiary alicyclic amines) is 1. The maximum atomic E-state index is 12.7. The molecule has 1 amide bonds. The summed E-state index contributed by atoms with van der Waals surface area (Å²) in [5.41, 5.74) is 2.84. The average Bonchev–Trinajstić information content (AvgIpc) is 3.03. The number of aromatic nitrogens is 1. The fourth-order valence-electron chi connectivity index (χ4n) is 3.74. The Morgan fingerprint density at radius 3 is 2.62 bits per heavy atom. The molecular weight excluding hydrogens is 390 g/mol. The van der Waals surface area contributed by atoms with Crippen molar-refractivity contribution in [2.45, 2.75) is 51.3 Å². The Balaban J connectivity index is 1.52. The van der Waals surface area contributed by atoms with Gasteiger partial charge in [-0.2, -0.15) is 0 Å². The molecule has 1 N–H and O–H groups in total. The number of aryl methyl sites for hydroxylation is 3. The quantitative estimate of drug-likeness (QED) is 0.745. The number of hydrogen-bond donors (Lipinski definition) is 1. The Kier molecular flexibility index (Phi) is 6.74. The molecule has 0 unspecified atom stereocenters. The Bertz CT molecular complexity index is 931. The van der Waals surface area contributed by atoms with E-state index in [2.05, 4.69) is 9.88 Å². The molecule has 0 aliphatic carbocycles. The topological polar surface area (TPSA) is 92.5 Å². The maximum absolute atomic E-state index is 12.7. The van der Waals surface area contributed by atoms with Crippen molar-refractivity contribution in [2.24, 2.45) is 5.92 Å². The van der Waals surface area contributed by atoms with E-state index in [0.717, 1.165) is 42.0 Å². The molecule has 0 radical (unpaired) electrons. The van der Waals surface area contributed by atoms with Crippen LogP contribution in [0.1, 0.15) is 41.8 Å². The summed E-state index contributed by atoms with van der Waals surface area (Å²) in [6.45, 7) is 7.30. The molecule has 1 aliphatic heterocycles. The summed E-state index contributed by atoms with van der Waals surface area (Å²) < 4.78 is 32.8. The number of benzene rings is 1. The van der Waals surface area contributed by atoms with Gasteiger partial charge in [0, 0.05) is 31.6 Å². The fraction of sp³-hybridized carbons (Fsp3) is 0.524. The first-order chi connectivity index (χ1) is 13.8. The second kappa shape index (κ2) is 9.09. The van der Waals surface area contributed by atoms with E-state index in [1.807, 2.05) is 25.7 Å². The molecule has 29 heavy (non-hydrogen) atoms. The van der Waals surface area contributed by atoms with E-state index in [0.29, 0.717) is 25.9 Å². The third kappa shape index (κ3) is 5.45. The Morgan fingerprint density at radius 2 is 1.97 bits per heavy atom. The highest BCUT2D eigenvalue weighted by Crippen LogP contribution is 2.20. The molecule has 1 saturated heterocycles. The lowest BCUT2D eigenvalue weighted by atomic mass is 9.97. The van der Waals surface area contributed by atoms with Crippen LogP contribution in [-0.4, -0.2) is 44.0 Å². The minimum absolute atomic E-state index is 0.0936. The molecule has 2 aromatic rings. The number of sulfonamides is 1. The fourth-order valence-corrected chi connectivity index (χ4v) is 4.85. The summed E-state index contributed by atoms with van der Waals surface area (Å²) in [4.78, 5) is 14.8. The average molecular weight is 420 g/mol. The van der Waals surface area contributed by atoms with Gasteiger partial charge in [0.2, 0.25) is 15.9 Å². The van der Waals surface area contributed by atoms with Gasteiger partial charge in [0.15, 0.2) is 0 Å². The predicted molar refractivity (Wildman–Crippen MR) is 110 cm³/mol. The van der Waals surface area contributed by atoms with Gasteiger partial charge in [-0.05, 0) is 58.1 Å². The number of nitrogens with one attached hydrogen (secondary N) is 1. The van der Waals surface area contributed by atoms with Crippen LogP contribution < -0.4 is 4.72 Å². The first kappa shape index (κ1) is 21.5. The zero-order chi connectivity index (χ0) is 21.0. The molecule has 0 spiro atoms. The van der Waals surface area contributed by atoms with Crippen LogP contribution in [0.3, 0.4) is 0 Å².